The minimum absolute atomic E-state index is 0.0714. The second-order valence-corrected chi connectivity index (χ2v) is 21.9. The number of sulfone groups is 1. The van der Waals surface area contributed by atoms with Crippen LogP contribution in [0.15, 0.2) is 24.3 Å². The van der Waals surface area contributed by atoms with Gasteiger partial charge in [-0.3, -0.25) is 19.2 Å². The van der Waals surface area contributed by atoms with Crippen molar-refractivity contribution in [3.63, 3.8) is 0 Å². The van der Waals surface area contributed by atoms with E-state index >= 15 is 4.79 Å². The summed E-state index contributed by atoms with van der Waals surface area (Å²) < 4.78 is 32.1. The Kier molecular flexibility index (Phi) is 13.4. The fourth-order valence-corrected chi connectivity index (χ4v) is 11.0. The van der Waals surface area contributed by atoms with Gasteiger partial charge in [0.25, 0.3) is 5.91 Å². The Morgan fingerprint density at radius 2 is 1.54 bits per heavy atom. The summed E-state index contributed by atoms with van der Waals surface area (Å²) in [4.78, 5) is 85.2. The second kappa shape index (κ2) is 17.8. The molecule has 5 aliphatic rings. The molecule has 0 radical (unpaired) electrons. The molecule has 0 aromatic heterocycles. The van der Waals surface area contributed by atoms with Gasteiger partial charge in [0, 0.05) is 19.5 Å². The molecule has 5 N–H and O–H groups in total. The van der Waals surface area contributed by atoms with Gasteiger partial charge in [0.1, 0.15) is 18.2 Å². The van der Waals surface area contributed by atoms with Crippen LogP contribution in [-0.2, 0) is 46.7 Å². The molecular formula is C43H64N6O9S. The molecule has 59 heavy (non-hydrogen) atoms. The van der Waals surface area contributed by atoms with Gasteiger partial charge in [-0.25, -0.2) is 18.0 Å². The first-order chi connectivity index (χ1) is 27.8. The lowest BCUT2D eigenvalue weighted by molar-refractivity contribution is -0.144. The van der Waals surface area contributed by atoms with E-state index in [4.69, 9.17) is 10.5 Å². The van der Waals surface area contributed by atoms with Crippen molar-refractivity contribution in [1.29, 1.82) is 0 Å². The molecule has 1 unspecified atom stereocenters. The highest BCUT2D eigenvalue weighted by Crippen LogP contribution is 2.41. The zero-order valence-electron chi connectivity index (χ0n) is 35.2. The van der Waals surface area contributed by atoms with E-state index in [1.807, 2.05) is 31.2 Å². The Balaban J connectivity index is 1.27. The molecule has 6 amide bonds. The van der Waals surface area contributed by atoms with Crippen LogP contribution in [0.25, 0.3) is 0 Å². The first-order valence-electron chi connectivity index (χ1n) is 21.6. The van der Waals surface area contributed by atoms with Crippen molar-refractivity contribution in [2.75, 3.05) is 18.8 Å². The largest absolute Gasteiger partial charge is 0.444 e. The molecule has 16 heteroatoms. The van der Waals surface area contributed by atoms with Gasteiger partial charge in [-0.15, -0.1) is 0 Å². The van der Waals surface area contributed by atoms with Crippen molar-refractivity contribution in [2.45, 2.75) is 165 Å². The topological polar surface area (TPSA) is 214 Å². The van der Waals surface area contributed by atoms with Crippen LogP contribution in [0.2, 0.25) is 0 Å². The van der Waals surface area contributed by atoms with Crippen molar-refractivity contribution < 1.29 is 41.9 Å². The van der Waals surface area contributed by atoms with Crippen molar-refractivity contribution in [3.8, 4) is 0 Å². The van der Waals surface area contributed by atoms with Gasteiger partial charge in [0.05, 0.1) is 28.6 Å². The van der Waals surface area contributed by atoms with Gasteiger partial charge in [0.15, 0.2) is 9.84 Å². The number of rotatable bonds is 13. The molecule has 0 spiro atoms. The summed E-state index contributed by atoms with van der Waals surface area (Å²) in [5.41, 5.74) is 5.80. The van der Waals surface area contributed by atoms with E-state index < -0.39 is 85.4 Å². The smallest absolute Gasteiger partial charge is 0.410 e. The number of fused-ring (bicyclic) bond motifs is 1. The number of carbonyl (C=O) groups is 6. The number of ether oxygens (including phenoxy) is 1. The van der Waals surface area contributed by atoms with E-state index in [1.54, 1.807) is 25.7 Å². The molecule has 0 bridgehead atoms. The predicted molar refractivity (Wildman–Crippen MR) is 220 cm³/mol. The van der Waals surface area contributed by atoms with E-state index in [2.05, 4.69) is 16.0 Å². The molecule has 3 saturated carbocycles. The number of benzene rings is 1. The van der Waals surface area contributed by atoms with Crippen LogP contribution in [0.4, 0.5) is 9.59 Å². The maximum atomic E-state index is 15.1. The molecule has 6 rings (SSSR count). The second-order valence-electron chi connectivity index (χ2n) is 19.1. The van der Waals surface area contributed by atoms with Crippen LogP contribution in [0.3, 0.4) is 0 Å². The van der Waals surface area contributed by atoms with Crippen LogP contribution in [-0.4, -0.2) is 107 Å². The average Bonchev–Trinajstić information content (AvgIpc) is 3.91. The zero-order valence-corrected chi connectivity index (χ0v) is 36.0. The lowest BCUT2D eigenvalue weighted by atomic mass is 9.70. The monoisotopic (exact) mass is 840 g/mol. The van der Waals surface area contributed by atoms with Gasteiger partial charge in [-0.05, 0) is 81.8 Å². The van der Waals surface area contributed by atoms with Gasteiger partial charge < -0.3 is 36.2 Å². The Labute approximate surface area is 348 Å². The summed E-state index contributed by atoms with van der Waals surface area (Å²) in [6.07, 6.45) is 8.22. The quantitative estimate of drug-likeness (QED) is 0.211. The van der Waals surface area contributed by atoms with E-state index in [1.165, 1.54) is 4.90 Å². The molecule has 1 aromatic rings. The molecule has 2 heterocycles. The first-order valence-corrected chi connectivity index (χ1v) is 23.2. The minimum atomic E-state index is -3.63. The molecule has 2 aliphatic heterocycles. The summed E-state index contributed by atoms with van der Waals surface area (Å²) in [6.45, 7) is 7.53. The number of Topliss-reactive ketones (excluding diaryl/α,β-unsaturated/α-hetero) is 1. The third-order valence-corrected chi connectivity index (χ3v) is 16.2. The van der Waals surface area contributed by atoms with Crippen molar-refractivity contribution in [1.82, 2.24) is 25.8 Å². The number of ketones is 1. The number of amides is 6. The molecule has 4 fully saturated rings. The normalized spacial score (nSPS) is 23.9. The standard InChI is InChI=1S/C43H64N6O9S/c1-41(2,3)59(56,57)27-43(20-11-6-12-21-43)47-39(54)46-35(42(4)18-9-5-10-19-42)38(53)49-26-31(58-40(55)48-22-17-29-13-7-8-14-30(29)25-48)24-33(49)37(52)45-32(23-28-15-16-28)34(50)36(44)51/h7-8,13-14,28,31-33,35H,5-6,9-12,15-27H2,1-4H3,(H2,44,51)(H,45,52)(H2,46,47,54)/t31-,32?,33+,35-/m1/s1. The zero-order chi connectivity index (χ0) is 42.8. The summed E-state index contributed by atoms with van der Waals surface area (Å²) in [6, 6.07) is 3.70. The highest BCUT2D eigenvalue weighted by molar-refractivity contribution is 7.92. The molecule has 4 atom stereocenters. The van der Waals surface area contributed by atoms with Crippen LogP contribution in [0, 0.1) is 11.3 Å². The number of nitrogens with two attached hydrogens (primary N) is 1. The molecular weight excluding hydrogens is 777 g/mol. The molecule has 1 saturated heterocycles. The summed E-state index contributed by atoms with van der Waals surface area (Å²) in [7, 11) is -3.63. The Morgan fingerprint density at radius 3 is 2.15 bits per heavy atom. The number of hydrogen-bond donors (Lipinski definition) is 4. The van der Waals surface area contributed by atoms with E-state index in [0.717, 1.165) is 62.5 Å². The Morgan fingerprint density at radius 1 is 0.915 bits per heavy atom. The number of nitrogens with zero attached hydrogens (tertiary/aromatic N) is 2. The number of likely N-dealkylation sites (tertiary alicyclic amines) is 1. The maximum Gasteiger partial charge on any atom is 0.410 e. The van der Waals surface area contributed by atoms with E-state index in [9.17, 15) is 32.4 Å². The number of urea groups is 1. The molecule has 15 nitrogen and oxygen atoms in total. The minimum Gasteiger partial charge on any atom is -0.444 e. The van der Waals surface area contributed by atoms with E-state index in [-0.39, 0.29) is 31.1 Å². The van der Waals surface area contributed by atoms with Crippen LogP contribution in [0.5, 0.6) is 0 Å². The highest BCUT2D eigenvalue weighted by atomic mass is 32.2. The first kappa shape index (κ1) is 44.3. The average molecular weight is 841 g/mol. The lowest BCUT2D eigenvalue weighted by Gasteiger charge is -2.44. The number of nitrogens with one attached hydrogen (secondary N) is 3. The highest BCUT2D eigenvalue weighted by Gasteiger charge is 2.50. The molecule has 1 aromatic carbocycles. The third-order valence-electron chi connectivity index (χ3n) is 13.5. The fraction of sp³-hybridized carbons (Fsp3) is 0.721. The van der Waals surface area contributed by atoms with Crippen molar-refractivity contribution in [2.24, 2.45) is 17.1 Å². The summed E-state index contributed by atoms with van der Waals surface area (Å²) >= 11 is 0. The van der Waals surface area contributed by atoms with Gasteiger partial charge in [0.2, 0.25) is 17.6 Å². The van der Waals surface area contributed by atoms with Crippen molar-refractivity contribution in [3.05, 3.63) is 35.4 Å². The number of primary amides is 1. The number of hydrogen-bond acceptors (Lipinski definition) is 9. The molecule has 326 valence electrons. The van der Waals surface area contributed by atoms with Crippen LogP contribution in [0.1, 0.15) is 129 Å². The predicted octanol–water partition coefficient (Wildman–Crippen LogP) is 4.04. The Bertz CT molecular complexity index is 1880. The SMILES string of the molecule is CC1([C@H](NC(=O)NC2(CS(=O)(=O)C(C)(C)C)CCCCC2)C(=O)N2C[C@H](OC(=O)N3CCc4ccccc4C3)C[C@H]2C(=O)NC(CC2CC2)C(=O)C(N)=O)CCCCC1. The third kappa shape index (κ3) is 10.6. The van der Waals surface area contributed by atoms with Crippen LogP contribution >= 0.6 is 0 Å². The fourth-order valence-electron chi connectivity index (χ4n) is 9.47. The maximum absolute atomic E-state index is 15.1. The van der Waals surface area contributed by atoms with Crippen molar-refractivity contribution >= 4 is 45.5 Å². The molecule has 3 aliphatic carbocycles. The lowest BCUT2D eigenvalue weighted by Crippen LogP contribution is -2.64. The Hall–Kier alpha value is -4.21. The summed E-state index contributed by atoms with van der Waals surface area (Å²) in [5, 5.41) is 8.74. The van der Waals surface area contributed by atoms with Crippen LogP contribution < -0.4 is 21.7 Å². The summed E-state index contributed by atoms with van der Waals surface area (Å²) in [5.74, 6) is -3.41. The van der Waals surface area contributed by atoms with Gasteiger partial charge >= 0.3 is 12.1 Å². The van der Waals surface area contributed by atoms with Gasteiger partial charge in [-0.1, -0.05) is 82.6 Å². The van der Waals surface area contributed by atoms with Gasteiger partial charge in [-0.2, -0.15) is 0 Å². The number of carbonyl (C=O) groups excluding carboxylic acids is 6. The van der Waals surface area contributed by atoms with E-state index in [0.29, 0.717) is 45.2 Å².